The van der Waals surface area contributed by atoms with Crippen LogP contribution in [0.1, 0.15) is 56.4 Å². The second-order valence-electron chi connectivity index (χ2n) is 6.07. The molecule has 0 saturated carbocycles. The lowest BCUT2D eigenvalue weighted by Gasteiger charge is -2.25. The minimum Gasteiger partial charge on any atom is -0.420 e. The van der Waals surface area contributed by atoms with E-state index < -0.39 is 19.5 Å². The molecule has 1 aromatic rings. The number of hydrogen-bond acceptors (Lipinski definition) is 5. The Morgan fingerprint density at radius 3 is 1.93 bits per heavy atom. The molecule has 27 heavy (non-hydrogen) atoms. The van der Waals surface area contributed by atoms with Gasteiger partial charge in [0.2, 0.25) is 4.35 Å². The van der Waals surface area contributed by atoms with Crippen LogP contribution >= 0.6 is 39.2 Å². The second kappa shape index (κ2) is 10.0. The van der Waals surface area contributed by atoms with Crippen molar-refractivity contribution in [2.45, 2.75) is 65.2 Å². The van der Waals surface area contributed by atoms with Crippen molar-refractivity contribution in [2.24, 2.45) is 0 Å². The summed E-state index contributed by atoms with van der Waals surface area (Å²) in [6, 6.07) is 0. The molecule has 0 aromatic heterocycles. The second-order valence-corrected chi connectivity index (χ2v) is 11.7. The van der Waals surface area contributed by atoms with Gasteiger partial charge in [0.25, 0.3) is 0 Å². The molecule has 0 heterocycles. The predicted octanol–water partition coefficient (Wildman–Crippen LogP) is 5.21. The van der Waals surface area contributed by atoms with E-state index >= 15 is 0 Å². The van der Waals surface area contributed by atoms with Crippen molar-refractivity contribution in [2.75, 3.05) is 5.75 Å². The van der Waals surface area contributed by atoms with Crippen molar-refractivity contribution in [1.82, 2.24) is 0 Å². The smallest absolute Gasteiger partial charge is 0.420 e. The van der Waals surface area contributed by atoms with Crippen LogP contribution in [0.15, 0.2) is 4.90 Å². The Morgan fingerprint density at radius 2 is 1.52 bits per heavy atom. The van der Waals surface area contributed by atoms with Crippen LogP contribution in [0.5, 0.6) is 5.75 Å². The van der Waals surface area contributed by atoms with E-state index in [4.69, 9.17) is 4.52 Å². The van der Waals surface area contributed by atoms with Crippen LogP contribution in [0, 0.1) is 6.92 Å². The molecule has 0 fully saturated rings. The SMILES string of the molecule is CCCSc1c(C)c(CC)c(OP(=O)(O)C(=S)P(=O)(O)O)c(CC)c1CC. The molecule has 0 spiro atoms. The number of hydrogen-bond donors (Lipinski definition) is 3. The molecule has 154 valence electrons. The molecule has 0 aliphatic heterocycles. The van der Waals surface area contributed by atoms with E-state index in [9.17, 15) is 23.8 Å². The van der Waals surface area contributed by atoms with Gasteiger partial charge in [0.05, 0.1) is 0 Å². The normalized spacial score (nSPS) is 14.1. The monoisotopic (exact) mass is 454 g/mol. The van der Waals surface area contributed by atoms with Gasteiger partial charge in [0.1, 0.15) is 5.75 Å². The summed E-state index contributed by atoms with van der Waals surface area (Å²) in [6.07, 6.45) is 2.86. The minimum absolute atomic E-state index is 0.233. The van der Waals surface area contributed by atoms with Crippen molar-refractivity contribution < 1.29 is 28.3 Å². The maximum absolute atomic E-state index is 12.5. The molecule has 0 saturated heterocycles. The maximum Gasteiger partial charge on any atom is 0.427 e. The summed E-state index contributed by atoms with van der Waals surface area (Å²) in [5.74, 6) is 1.19. The Hall–Kier alpha value is -0.200. The van der Waals surface area contributed by atoms with Crippen LogP contribution in [0.25, 0.3) is 0 Å². The number of benzene rings is 1. The fourth-order valence-electron chi connectivity index (χ4n) is 3.00. The van der Waals surface area contributed by atoms with E-state index in [1.807, 2.05) is 27.7 Å². The molecule has 0 amide bonds. The molecular formula is C17H28O6P2S2. The summed E-state index contributed by atoms with van der Waals surface area (Å²) in [6.45, 7) is 9.91. The molecular weight excluding hydrogens is 426 g/mol. The zero-order chi connectivity index (χ0) is 21.0. The minimum atomic E-state index is -5.03. The highest BCUT2D eigenvalue weighted by atomic mass is 32.2. The number of thiocarbonyl (C=S) groups is 1. The number of rotatable bonds is 10. The fraction of sp³-hybridized carbons (Fsp3) is 0.588. The highest BCUT2D eigenvalue weighted by Gasteiger charge is 2.41. The van der Waals surface area contributed by atoms with Crippen LogP contribution in [0.2, 0.25) is 0 Å². The third-order valence-electron chi connectivity index (χ3n) is 4.20. The van der Waals surface area contributed by atoms with Gasteiger partial charge in [0, 0.05) is 4.90 Å². The Bertz CT molecular complexity index is 803. The van der Waals surface area contributed by atoms with Gasteiger partial charge in [-0.3, -0.25) is 4.57 Å². The Labute approximate surface area is 170 Å². The Morgan fingerprint density at radius 1 is 1.00 bits per heavy atom. The Kier molecular flexibility index (Phi) is 9.22. The van der Waals surface area contributed by atoms with Crippen molar-refractivity contribution in [3.63, 3.8) is 0 Å². The zero-order valence-electron chi connectivity index (χ0n) is 16.3. The van der Waals surface area contributed by atoms with Crippen molar-refractivity contribution in [3.05, 3.63) is 22.3 Å². The fourth-order valence-corrected chi connectivity index (χ4v) is 6.29. The van der Waals surface area contributed by atoms with Crippen LogP contribution < -0.4 is 4.52 Å². The van der Waals surface area contributed by atoms with E-state index in [0.29, 0.717) is 12.8 Å². The summed E-state index contributed by atoms with van der Waals surface area (Å²) >= 11 is 6.31. The van der Waals surface area contributed by atoms with Gasteiger partial charge in [-0.1, -0.05) is 39.9 Å². The number of thioether (sulfide) groups is 1. The van der Waals surface area contributed by atoms with Gasteiger partial charge in [0.15, 0.2) is 0 Å². The van der Waals surface area contributed by atoms with Gasteiger partial charge in [-0.15, -0.1) is 11.8 Å². The van der Waals surface area contributed by atoms with Gasteiger partial charge in [-0.25, -0.2) is 4.57 Å². The van der Waals surface area contributed by atoms with E-state index in [0.717, 1.165) is 45.7 Å². The standard InChI is InChI=1S/C17H28O6P2S2/c1-6-10-27-16-11(5)12(7-2)15(13(8-3)14(16)9-4)23-25(21,22)17(26)24(18,19)20/h6-10H2,1-5H3,(H,21,22)(H2,18,19,20). The van der Waals surface area contributed by atoms with Gasteiger partial charge < -0.3 is 19.2 Å². The lowest BCUT2D eigenvalue weighted by atomic mass is 9.93. The molecule has 1 aromatic carbocycles. The average molecular weight is 454 g/mol. The molecule has 0 bridgehead atoms. The van der Waals surface area contributed by atoms with E-state index in [2.05, 4.69) is 19.1 Å². The highest BCUT2D eigenvalue weighted by Crippen LogP contribution is 2.59. The lowest BCUT2D eigenvalue weighted by Crippen LogP contribution is -2.10. The zero-order valence-corrected chi connectivity index (χ0v) is 19.7. The first-order chi connectivity index (χ1) is 12.5. The van der Waals surface area contributed by atoms with Crippen LogP contribution in [-0.4, -0.2) is 24.8 Å². The molecule has 3 N–H and O–H groups in total. The topological polar surface area (TPSA) is 104 Å². The van der Waals surface area contributed by atoms with Gasteiger partial charge in [-0.05, 0) is 60.6 Å². The first-order valence-corrected chi connectivity index (χ1v) is 13.5. The molecule has 6 nitrogen and oxygen atoms in total. The third-order valence-corrected chi connectivity index (χ3v) is 10.0. The van der Waals surface area contributed by atoms with E-state index in [1.165, 1.54) is 0 Å². The summed E-state index contributed by atoms with van der Waals surface area (Å²) < 4.78 is 28.0. The van der Waals surface area contributed by atoms with Crippen molar-refractivity contribution in [3.8, 4) is 5.75 Å². The largest absolute Gasteiger partial charge is 0.427 e. The molecule has 1 unspecified atom stereocenters. The molecule has 0 aliphatic rings. The summed E-state index contributed by atoms with van der Waals surface area (Å²) in [5.41, 5.74) is 3.58. The first kappa shape index (κ1) is 24.8. The van der Waals surface area contributed by atoms with Gasteiger partial charge in [-0.2, -0.15) is 0 Å². The first-order valence-electron chi connectivity index (χ1n) is 8.89. The molecule has 10 heteroatoms. The van der Waals surface area contributed by atoms with E-state index in [-0.39, 0.29) is 5.75 Å². The predicted molar refractivity (Wildman–Crippen MR) is 115 cm³/mol. The summed E-state index contributed by atoms with van der Waals surface area (Å²) in [4.78, 5) is 29.7. The molecule has 0 aliphatic carbocycles. The van der Waals surface area contributed by atoms with Crippen molar-refractivity contribution >= 4 is 43.5 Å². The quantitative estimate of drug-likeness (QED) is 0.251. The Balaban J connectivity index is 3.68. The van der Waals surface area contributed by atoms with Gasteiger partial charge >= 0.3 is 15.2 Å². The molecule has 0 radical (unpaired) electrons. The summed E-state index contributed by atoms with van der Waals surface area (Å²) in [7, 11) is -9.86. The van der Waals surface area contributed by atoms with E-state index in [1.54, 1.807) is 11.8 Å². The molecule has 1 atom stereocenters. The van der Waals surface area contributed by atoms with Crippen molar-refractivity contribution in [1.29, 1.82) is 0 Å². The maximum atomic E-state index is 12.5. The van der Waals surface area contributed by atoms with Crippen LogP contribution in [0.3, 0.4) is 0 Å². The highest BCUT2D eigenvalue weighted by molar-refractivity contribution is 8.16. The average Bonchev–Trinajstić information content (AvgIpc) is 2.58. The molecule has 1 rings (SSSR count). The van der Waals surface area contributed by atoms with Crippen LogP contribution in [0.4, 0.5) is 0 Å². The third kappa shape index (κ3) is 5.66. The van der Waals surface area contributed by atoms with Crippen LogP contribution in [-0.2, 0) is 28.4 Å². The lowest BCUT2D eigenvalue weighted by molar-refractivity contribution is 0.383. The summed E-state index contributed by atoms with van der Waals surface area (Å²) in [5, 5.41) is 0.